The molecule has 0 unspecified atom stereocenters. The molecule has 3 rings (SSSR count). The van der Waals surface area contributed by atoms with Crippen molar-refractivity contribution in [3.05, 3.63) is 59.7 Å². The molecule has 162 valence electrons. The number of nitrogens with zero attached hydrogens (tertiary/aromatic N) is 1. The number of benzene rings is 2. The first-order valence-corrected chi connectivity index (χ1v) is 11.3. The molecule has 1 aliphatic rings. The van der Waals surface area contributed by atoms with E-state index in [1.807, 2.05) is 45.0 Å². The summed E-state index contributed by atoms with van der Waals surface area (Å²) in [7, 11) is -3.73. The molecule has 2 atom stereocenters. The summed E-state index contributed by atoms with van der Waals surface area (Å²) in [5.74, 6) is 0.0991. The van der Waals surface area contributed by atoms with Gasteiger partial charge in [-0.3, -0.25) is 0 Å². The fourth-order valence-electron chi connectivity index (χ4n) is 3.27. The lowest BCUT2D eigenvalue weighted by Gasteiger charge is -2.34. The molecule has 0 bridgehead atoms. The minimum Gasteiger partial charge on any atom is -0.490 e. The van der Waals surface area contributed by atoms with E-state index in [9.17, 15) is 13.2 Å². The third-order valence-corrected chi connectivity index (χ3v) is 6.53. The minimum absolute atomic E-state index is 0.0577. The number of aryl methyl sites for hydroxylation is 1. The first kappa shape index (κ1) is 22.3. The zero-order valence-corrected chi connectivity index (χ0v) is 18.2. The van der Waals surface area contributed by atoms with E-state index in [2.05, 4.69) is 0 Å². The smallest absolute Gasteiger partial charge is 0.338 e. The second kappa shape index (κ2) is 9.59. The number of ether oxygens (including phenoxy) is 3. The Labute approximate surface area is 177 Å². The maximum atomic E-state index is 13.0. The van der Waals surface area contributed by atoms with Gasteiger partial charge in [-0.1, -0.05) is 23.8 Å². The quantitative estimate of drug-likeness (QED) is 0.493. The summed E-state index contributed by atoms with van der Waals surface area (Å²) < 4.78 is 43.8. The van der Waals surface area contributed by atoms with Crippen LogP contribution in [0, 0.1) is 6.92 Å². The lowest BCUT2D eigenvalue weighted by atomic mass is 10.2. The number of hydrogen-bond donors (Lipinski definition) is 0. The van der Waals surface area contributed by atoms with Gasteiger partial charge in [0.25, 0.3) is 0 Å². The number of esters is 1. The molecule has 2 aromatic carbocycles. The predicted molar refractivity (Wildman–Crippen MR) is 112 cm³/mol. The van der Waals surface area contributed by atoms with E-state index in [0.29, 0.717) is 5.75 Å². The SMILES string of the molecule is Cc1ccc(OCCOC(=O)c2cccc(S(=O)(=O)N3C[C@@H](C)O[C@@H](C)C3)c2)cc1. The van der Waals surface area contributed by atoms with Gasteiger partial charge >= 0.3 is 5.97 Å². The Morgan fingerprint density at radius 3 is 2.40 bits per heavy atom. The lowest BCUT2D eigenvalue weighted by Crippen LogP contribution is -2.48. The third-order valence-electron chi connectivity index (χ3n) is 4.70. The van der Waals surface area contributed by atoms with E-state index in [1.54, 1.807) is 6.07 Å². The van der Waals surface area contributed by atoms with E-state index in [0.717, 1.165) is 5.56 Å². The maximum absolute atomic E-state index is 13.0. The molecule has 2 aromatic rings. The minimum atomic E-state index is -3.73. The van der Waals surface area contributed by atoms with Crippen LogP contribution in [0.2, 0.25) is 0 Å². The molecule has 30 heavy (non-hydrogen) atoms. The van der Waals surface area contributed by atoms with Crippen LogP contribution in [0.4, 0.5) is 0 Å². The molecule has 0 N–H and O–H groups in total. The zero-order chi connectivity index (χ0) is 21.7. The molecule has 0 amide bonds. The summed E-state index contributed by atoms with van der Waals surface area (Å²) in [6, 6.07) is 13.5. The average Bonchev–Trinajstić information content (AvgIpc) is 2.71. The van der Waals surface area contributed by atoms with E-state index in [4.69, 9.17) is 14.2 Å². The number of morpholine rings is 1. The Hall–Kier alpha value is -2.42. The van der Waals surface area contributed by atoms with Gasteiger partial charge in [0.1, 0.15) is 19.0 Å². The molecule has 0 radical (unpaired) electrons. The van der Waals surface area contributed by atoms with Crippen LogP contribution < -0.4 is 4.74 Å². The molecule has 8 heteroatoms. The van der Waals surface area contributed by atoms with E-state index < -0.39 is 16.0 Å². The number of rotatable bonds is 7. The molecule has 1 aliphatic heterocycles. The number of carbonyl (C=O) groups is 1. The van der Waals surface area contributed by atoms with Gasteiger partial charge in [0, 0.05) is 13.1 Å². The lowest BCUT2D eigenvalue weighted by molar-refractivity contribution is -0.0440. The Morgan fingerprint density at radius 2 is 1.73 bits per heavy atom. The number of sulfonamides is 1. The van der Waals surface area contributed by atoms with Crippen LogP contribution in [0.1, 0.15) is 29.8 Å². The van der Waals surface area contributed by atoms with Gasteiger partial charge in [0.15, 0.2) is 0 Å². The van der Waals surface area contributed by atoms with Gasteiger partial charge in [-0.05, 0) is 51.1 Å². The third kappa shape index (κ3) is 5.59. The summed E-state index contributed by atoms with van der Waals surface area (Å²) in [5.41, 5.74) is 1.31. The Bertz CT molecular complexity index is 963. The zero-order valence-electron chi connectivity index (χ0n) is 17.4. The first-order chi connectivity index (χ1) is 14.3. The second-order valence-electron chi connectivity index (χ2n) is 7.40. The molecule has 0 aromatic heterocycles. The maximum Gasteiger partial charge on any atom is 0.338 e. The van der Waals surface area contributed by atoms with Crippen LogP contribution in [-0.4, -0.2) is 57.2 Å². The van der Waals surface area contributed by atoms with Crippen LogP contribution in [-0.2, 0) is 19.5 Å². The highest BCUT2D eigenvalue weighted by Crippen LogP contribution is 2.22. The molecular formula is C22H27NO6S. The summed E-state index contributed by atoms with van der Waals surface area (Å²) >= 11 is 0. The van der Waals surface area contributed by atoms with Crippen LogP contribution >= 0.6 is 0 Å². The van der Waals surface area contributed by atoms with Gasteiger partial charge in [-0.2, -0.15) is 4.31 Å². The van der Waals surface area contributed by atoms with Crippen LogP contribution in [0.5, 0.6) is 5.75 Å². The highest BCUT2D eigenvalue weighted by Gasteiger charge is 2.32. The molecule has 1 fully saturated rings. The Kier molecular flexibility index (Phi) is 7.12. The van der Waals surface area contributed by atoms with Gasteiger partial charge < -0.3 is 14.2 Å². The second-order valence-corrected chi connectivity index (χ2v) is 9.34. The highest BCUT2D eigenvalue weighted by molar-refractivity contribution is 7.89. The Balaban J connectivity index is 1.60. The summed E-state index contributed by atoms with van der Waals surface area (Å²) in [4.78, 5) is 12.4. The van der Waals surface area contributed by atoms with E-state index in [1.165, 1.54) is 22.5 Å². The predicted octanol–water partition coefficient (Wildman–Crippen LogP) is 3.03. The van der Waals surface area contributed by atoms with Crippen molar-refractivity contribution >= 4 is 16.0 Å². The first-order valence-electron chi connectivity index (χ1n) is 9.88. The van der Waals surface area contributed by atoms with Crippen molar-refractivity contribution < 1.29 is 27.4 Å². The molecule has 7 nitrogen and oxygen atoms in total. The molecule has 1 saturated heterocycles. The monoisotopic (exact) mass is 433 g/mol. The molecule has 0 spiro atoms. The normalized spacial score (nSPS) is 20.0. The largest absolute Gasteiger partial charge is 0.490 e. The van der Waals surface area contributed by atoms with Crippen LogP contribution in [0.15, 0.2) is 53.4 Å². The van der Waals surface area contributed by atoms with E-state index in [-0.39, 0.29) is 49.0 Å². The molecule has 1 heterocycles. The summed E-state index contributed by atoms with van der Waals surface area (Å²) in [5, 5.41) is 0. The Morgan fingerprint density at radius 1 is 1.07 bits per heavy atom. The van der Waals surface area contributed by atoms with Crippen molar-refractivity contribution in [2.24, 2.45) is 0 Å². The fraction of sp³-hybridized carbons (Fsp3) is 0.409. The standard InChI is InChI=1S/C22H27NO6S/c1-16-7-9-20(10-8-16)27-11-12-28-22(24)19-5-4-6-21(13-19)30(25,26)23-14-17(2)29-18(3)15-23/h4-10,13,17-18H,11-12,14-15H2,1-3H3/t17-,18+. The van der Waals surface area contributed by atoms with Gasteiger partial charge in [-0.25, -0.2) is 13.2 Å². The van der Waals surface area contributed by atoms with Crippen molar-refractivity contribution in [1.29, 1.82) is 0 Å². The average molecular weight is 434 g/mol. The van der Waals surface area contributed by atoms with Crippen LogP contribution in [0.25, 0.3) is 0 Å². The fourth-order valence-corrected chi connectivity index (χ4v) is 4.91. The van der Waals surface area contributed by atoms with Crippen LogP contribution in [0.3, 0.4) is 0 Å². The highest BCUT2D eigenvalue weighted by atomic mass is 32.2. The van der Waals surface area contributed by atoms with Crippen molar-refractivity contribution in [3.63, 3.8) is 0 Å². The summed E-state index contributed by atoms with van der Waals surface area (Å²) in [6.45, 7) is 6.48. The van der Waals surface area contributed by atoms with E-state index >= 15 is 0 Å². The molecule has 0 aliphatic carbocycles. The van der Waals surface area contributed by atoms with Crippen molar-refractivity contribution in [2.75, 3.05) is 26.3 Å². The topological polar surface area (TPSA) is 82.1 Å². The van der Waals surface area contributed by atoms with Gasteiger partial charge in [-0.15, -0.1) is 0 Å². The van der Waals surface area contributed by atoms with Gasteiger partial charge in [0.2, 0.25) is 10.0 Å². The summed E-state index contributed by atoms with van der Waals surface area (Å²) in [6.07, 6.45) is -0.379. The number of hydrogen-bond acceptors (Lipinski definition) is 6. The van der Waals surface area contributed by atoms with Gasteiger partial charge in [0.05, 0.1) is 22.7 Å². The van der Waals surface area contributed by atoms with Crippen molar-refractivity contribution in [1.82, 2.24) is 4.31 Å². The van der Waals surface area contributed by atoms with Crippen molar-refractivity contribution in [3.8, 4) is 5.75 Å². The van der Waals surface area contributed by atoms with Crippen molar-refractivity contribution in [2.45, 2.75) is 37.9 Å². The molecular weight excluding hydrogens is 406 g/mol. The number of carbonyl (C=O) groups excluding carboxylic acids is 1. The molecule has 0 saturated carbocycles.